The second-order valence-electron chi connectivity index (χ2n) is 6.32. The van der Waals surface area contributed by atoms with Crippen LogP contribution in [0.4, 0.5) is 0 Å². The van der Waals surface area contributed by atoms with Crippen molar-refractivity contribution in [3.05, 3.63) is 53.8 Å². The normalized spacial score (nSPS) is 16.0. The van der Waals surface area contributed by atoms with E-state index in [0.29, 0.717) is 25.5 Å². The zero-order valence-corrected chi connectivity index (χ0v) is 15.4. The Hall–Kier alpha value is -2.76. The second kappa shape index (κ2) is 8.56. The number of carbonyl (C=O) groups is 1. The van der Waals surface area contributed by atoms with Crippen LogP contribution in [0.1, 0.15) is 31.0 Å². The molecule has 2 heterocycles. The predicted molar refractivity (Wildman–Crippen MR) is 99.5 cm³/mol. The third-order valence-electron chi connectivity index (χ3n) is 4.35. The number of ether oxygens (including phenoxy) is 2. The number of benzene rings is 1. The van der Waals surface area contributed by atoms with Crippen LogP contribution in [0.5, 0.6) is 5.75 Å². The van der Waals surface area contributed by atoms with E-state index in [1.807, 2.05) is 35.0 Å². The number of morpholine rings is 1. The molecule has 1 aromatic heterocycles. The molecule has 0 bridgehead atoms. The van der Waals surface area contributed by atoms with Gasteiger partial charge in [0.1, 0.15) is 12.4 Å². The van der Waals surface area contributed by atoms with Crippen molar-refractivity contribution in [2.45, 2.75) is 32.9 Å². The van der Waals surface area contributed by atoms with Crippen molar-refractivity contribution in [3.8, 4) is 5.75 Å². The summed E-state index contributed by atoms with van der Waals surface area (Å²) in [5.74, 6) is 1.06. The van der Waals surface area contributed by atoms with Crippen LogP contribution in [0.15, 0.2) is 42.5 Å². The predicted octanol–water partition coefficient (Wildman–Crippen LogP) is 3.09. The lowest BCUT2D eigenvalue weighted by Crippen LogP contribution is -2.39. The molecule has 0 radical (unpaired) electrons. The zero-order valence-electron chi connectivity index (χ0n) is 15.4. The molecule has 0 N–H and O–H groups in total. The summed E-state index contributed by atoms with van der Waals surface area (Å²) in [5, 5.41) is 0. The van der Waals surface area contributed by atoms with Gasteiger partial charge in [-0.1, -0.05) is 25.5 Å². The topological polar surface area (TPSA) is 56.6 Å². The molecular weight excluding hydrogens is 330 g/mol. The van der Waals surface area contributed by atoms with Crippen molar-refractivity contribution in [2.24, 2.45) is 0 Å². The van der Waals surface area contributed by atoms with Gasteiger partial charge in [0.2, 0.25) is 0 Å². The molecule has 0 aliphatic carbocycles. The van der Waals surface area contributed by atoms with Gasteiger partial charge in [0.25, 0.3) is 5.91 Å². The van der Waals surface area contributed by atoms with Gasteiger partial charge in [0.15, 0.2) is 5.76 Å². The molecule has 1 fully saturated rings. The van der Waals surface area contributed by atoms with Gasteiger partial charge in [0, 0.05) is 25.4 Å². The van der Waals surface area contributed by atoms with Crippen LogP contribution >= 0.6 is 0 Å². The number of imidazole rings is 1. The summed E-state index contributed by atoms with van der Waals surface area (Å²) in [6.07, 6.45) is 7.71. The molecule has 1 saturated heterocycles. The average molecular weight is 355 g/mol. The number of hydrogen-bond acceptors (Lipinski definition) is 4. The number of aromatic nitrogens is 2. The van der Waals surface area contributed by atoms with E-state index in [-0.39, 0.29) is 5.91 Å². The Morgan fingerprint density at radius 3 is 2.85 bits per heavy atom. The highest BCUT2D eigenvalue weighted by atomic mass is 16.5. The van der Waals surface area contributed by atoms with Gasteiger partial charge < -0.3 is 18.9 Å². The van der Waals surface area contributed by atoms with Crippen molar-refractivity contribution in [1.82, 2.24) is 14.5 Å². The van der Waals surface area contributed by atoms with E-state index in [2.05, 4.69) is 11.9 Å². The van der Waals surface area contributed by atoms with Crippen molar-refractivity contribution < 1.29 is 14.3 Å². The molecule has 6 nitrogen and oxygen atoms in total. The van der Waals surface area contributed by atoms with Crippen LogP contribution in [0.25, 0.3) is 6.08 Å². The number of methoxy groups -OCH3 is 1. The molecule has 0 spiro atoms. The van der Waals surface area contributed by atoms with Gasteiger partial charge in [-0.25, -0.2) is 4.98 Å². The van der Waals surface area contributed by atoms with E-state index in [0.717, 1.165) is 36.4 Å². The van der Waals surface area contributed by atoms with Crippen molar-refractivity contribution in [1.29, 1.82) is 0 Å². The number of nitrogens with zero attached hydrogens (tertiary/aromatic N) is 3. The van der Waals surface area contributed by atoms with E-state index in [4.69, 9.17) is 9.47 Å². The minimum absolute atomic E-state index is 0.102. The van der Waals surface area contributed by atoms with E-state index in [1.54, 1.807) is 24.4 Å². The highest BCUT2D eigenvalue weighted by Gasteiger charge is 2.25. The van der Waals surface area contributed by atoms with Crippen LogP contribution in [-0.2, 0) is 22.6 Å². The third kappa shape index (κ3) is 4.45. The van der Waals surface area contributed by atoms with Crippen LogP contribution < -0.4 is 4.74 Å². The fraction of sp³-hybridized carbons (Fsp3) is 0.400. The fourth-order valence-corrected chi connectivity index (χ4v) is 2.84. The summed E-state index contributed by atoms with van der Waals surface area (Å²) in [6.45, 7) is 4.71. The van der Waals surface area contributed by atoms with Gasteiger partial charge in [-0.3, -0.25) is 4.79 Å². The molecule has 0 unspecified atom stereocenters. The summed E-state index contributed by atoms with van der Waals surface area (Å²) in [6, 6.07) is 7.75. The Balaban J connectivity index is 1.67. The van der Waals surface area contributed by atoms with Gasteiger partial charge in [0.05, 0.1) is 25.7 Å². The number of hydrogen-bond donors (Lipinski definition) is 0. The lowest BCUT2D eigenvalue weighted by atomic mass is 10.2. The first-order valence-electron chi connectivity index (χ1n) is 8.98. The largest absolute Gasteiger partial charge is 0.497 e. The molecule has 1 aliphatic heterocycles. The van der Waals surface area contributed by atoms with Crippen LogP contribution in [0.3, 0.4) is 0 Å². The molecule has 1 aliphatic rings. The lowest BCUT2D eigenvalue weighted by Gasteiger charge is -2.28. The SMILES string of the molecule is CCCCn1cnc(/C=C2\OCCN(Cc3ccc(OC)cc3)C2=O)c1. The van der Waals surface area contributed by atoms with Crippen LogP contribution in [0.2, 0.25) is 0 Å². The molecule has 3 rings (SSSR count). The third-order valence-corrected chi connectivity index (χ3v) is 4.35. The van der Waals surface area contributed by atoms with Gasteiger partial charge in [-0.05, 0) is 24.1 Å². The first-order chi connectivity index (χ1) is 12.7. The molecule has 138 valence electrons. The Bertz CT molecular complexity index is 765. The van der Waals surface area contributed by atoms with Crippen molar-refractivity contribution in [2.75, 3.05) is 20.3 Å². The minimum atomic E-state index is -0.102. The first kappa shape index (κ1) is 18.0. The highest BCUT2D eigenvalue weighted by molar-refractivity contribution is 5.96. The maximum absolute atomic E-state index is 12.7. The summed E-state index contributed by atoms with van der Waals surface area (Å²) in [4.78, 5) is 18.9. The number of carbonyl (C=O) groups excluding carboxylic acids is 1. The Kier molecular flexibility index (Phi) is 5.94. The minimum Gasteiger partial charge on any atom is -0.497 e. The molecule has 6 heteroatoms. The molecule has 2 aromatic rings. The van der Waals surface area contributed by atoms with E-state index < -0.39 is 0 Å². The summed E-state index contributed by atoms with van der Waals surface area (Å²) in [7, 11) is 1.64. The molecule has 0 atom stereocenters. The van der Waals surface area contributed by atoms with Gasteiger partial charge in [-0.15, -0.1) is 0 Å². The second-order valence-corrected chi connectivity index (χ2v) is 6.32. The number of aryl methyl sites for hydroxylation is 1. The molecule has 1 aromatic carbocycles. The first-order valence-corrected chi connectivity index (χ1v) is 8.98. The van der Waals surface area contributed by atoms with E-state index >= 15 is 0 Å². The van der Waals surface area contributed by atoms with Crippen LogP contribution in [-0.4, -0.2) is 40.6 Å². The highest BCUT2D eigenvalue weighted by Crippen LogP contribution is 2.18. The summed E-state index contributed by atoms with van der Waals surface area (Å²) in [5.41, 5.74) is 1.81. The van der Waals surface area contributed by atoms with E-state index in [1.165, 1.54) is 0 Å². The van der Waals surface area contributed by atoms with Gasteiger partial charge in [-0.2, -0.15) is 0 Å². The standard InChI is InChI=1S/C20H25N3O3/c1-3-4-9-22-14-17(21-15-22)12-19-20(24)23(10-11-26-19)13-16-5-7-18(25-2)8-6-16/h5-8,12,14-15H,3-4,9-11,13H2,1-2H3/b19-12-. The van der Waals surface area contributed by atoms with Crippen molar-refractivity contribution >= 4 is 12.0 Å². The number of rotatable bonds is 7. The quantitative estimate of drug-likeness (QED) is 0.716. The summed E-state index contributed by atoms with van der Waals surface area (Å²) < 4.78 is 12.8. The van der Waals surface area contributed by atoms with Crippen molar-refractivity contribution in [3.63, 3.8) is 0 Å². The smallest absolute Gasteiger partial charge is 0.289 e. The zero-order chi connectivity index (χ0) is 18.4. The number of unbranched alkanes of at least 4 members (excludes halogenated alkanes) is 1. The summed E-state index contributed by atoms with van der Waals surface area (Å²) >= 11 is 0. The fourth-order valence-electron chi connectivity index (χ4n) is 2.84. The molecular formula is C20H25N3O3. The van der Waals surface area contributed by atoms with E-state index in [9.17, 15) is 4.79 Å². The molecule has 1 amide bonds. The lowest BCUT2D eigenvalue weighted by molar-refractivity contribution is -0.136. The Labute approximate surface area is 154 Å². The average Bonchev–Trinajstić information content (AvgIpc) is 3.11. The maximum Gasteiger partial charge on any atom is 0.289 e. The van der Waals surface area contributed by atoms with Crippen LogP contribution in [0, 0.1) is 0 Å². The Morgan fingerprint density at radius 1 is 1.31 bits per heavy atom. The maximum atomic E-state index is 12.7. The molecule has 0 saturated carbocycles. The number of amides is 1. The Morgan fingerprint density at radius 2 is 2.12 bits per heavy atom. The molecule has 26 heavy (non-hydrogen) atoms. The van der Waals surface area contributed by atoms with Gasteiger partial charge >= 0.3 is 0 Å². The monoisotopic (exact) mass is 355 g/mol.